The Balaban J connectivity index is 1.41. The molecule has 2 saturated heterocycles. The third kappa shape index (κ3) is 5.17. The summed E-state index contributed by atoms with van der Waals surface area (Å²) in [6, 6.07) is 6.20. The van der Waals surface area contributed by atoms with Crippen molar-refractivity contribution >= 4 is 11.7 Å². The molecule has 0 bridgehead atoms. The summed E-state index contributed by atoms with van der Waals surface area (Å²) in [7, 11) is 0. The van der Waals surface area contributed by atoms with E-state index in [1.54, 1.807) is 18.3 Å². The molecule has 2 fully saturated rings. The van der Waals surface area contributed by atoms with Gasteiger partial charge in [-0.05, 0) is 43.5 Å². The molecule has 1 aromatic carbocycles. The Labute approximate surface area is 214 Å². The normalized spacial score (nSPS) is 17.2. The quantitative estimate of drug-likeness (QED) is 0.563. The third-order valence-corrected chi connectivity index (χ3v) is 7.17. The molecule has 0 radical (unpaired) electrons. The van der Waals surface area contributed by atoms with Crippen molar-refractivity contribution < 1.29 is 18.3 Å². The maximum absolute atomic E-state index is 15.4. The number of pyridine rings is 1. The number of ether oxygens (including phenoxy) is 1. The number of carbonyl (C=O) groups is 1. The van der Waals surface area contributed by atoms with Gasteiger partial charge in [0.2, 0.25) is 0 Å². The summed E-state index contributed by atoms with van der Waals surface area (Å²) in [4.78, 5) is 29.9. The van der Waals surface area contributed by atoms with Crippen LogP contribution in [0.4, 0.5) is 14.6 Å². The van der Waals surface area contributed by atoms with Gasteiger partial charge in [0, 0.05) is 68.3 Å². The number of halogens is 2. The lowest BCUT2D eigenvalue weighted by atomic mass is 9.96. The standard InChI is InChI=1S/C27H30F2N6O2/c1-2-22-24(17-3-4-23(30)31-15-17)26(33-16-32-22)18-13-20(28)25(21(29)14-18)27(36)35-9-7-34(8-10-35)19-5-11-37-12-6-19/h3-4,13-16,19H,2,5-12H2,1H3,(H2,30,31). The van der Waals surface area contributed by atoms with Gasteiger partial charge in [-0.25, -0.2) is 23.7 Å². The van der Waals surface area contributed by atoms with Crippen LogP contribution in [-0.2, 0) is 11.2 Å². The van der Waals surface area contributed by atoms with Crippen molar-refractivity contribution in [1.29, 1.82) is 0 Å². The summed E-state index contributed by atoms with van der Waals surface area (Å²) in [5.74, 6) is -2.10. The van der Waals surface area contributed by atoms with E-state index in [2.05, 4.69) is 19.9 Å². The zero-order chi connectivity index (χ0) is 25.9. The van der Waals surface area contributed by atoms with Crippen molar-refractivity contribution in [2.24, 2.45) is 0 Å². The van der Waals surface area contributed by atoms with E-state index in [1.165, 1.54) is 23.4 Å². The number of hydrogen-bond acceptors (Lipinski definition) is 7. The van der Waals surface area contributed by atoms with Gasteiger partial charge in [-0.3, -0.25) is 9.69 Å². The second-order valence-corrected chi connectivity index (χ2v) is 9.36. The highest BCUT2D eigenvalue weighted by Crippen LogP contribution is 2.34. The fourth-order valence-corrected chi connectivity index (χ4v) is 5.18. The molecule has 2 aliphatic rings. The van der Waals surface area contributed by atoms with Crippen LogP contribution in [-0.4, -0.2) is 76.1 Å². The number of nitrogens with two attached hydrogens (primary N) is 1. The van der Waals surface area contributed by atoms with Crippen LogP contribution in [0.15, 0.2) is 36.8 Å². The highest BCUT2D eigenvalue weighted by molar-refractivity contribution is 5.96. The number of nitrogens with zero attached hydrogens (tertiary/aromatic N) is 5. The summed E-state index contributed by atoms with van der Waals surface area (Å²) in [6.07, 6.45) is 5.47. The molecule has 0 unspecified atom stereocenters. The number of nitrogen functional groups attached to an aromatic ring is 1. The molecule has 0 spiro atoms. The summed E-state index contributed by atoms with van der Waals surface area (Å²) in [5, 5.41) is 0. The van der Waals surface area contributed by atoms with Gasteiger partial charge in [-0.15, -0.1) is 0 Å². The van der Waals surface area contributed by atoms with E-state index < -0.39 is 23.1 Å². The smallest absolute Gasteiger partial charge is 0.259 e. The van der Waals surface area contributed by atoms with Crippen LogP contribution in [0.3, 0.4) is 0 Å². The Bertz CT molecular complexity index is 1250. The van der Waals surface area contributed by atoms with E-state index in [4.69, 9.17) is 10.5 Å². The second-order valence-electron chi connectivity index (χ2n) is 9.36. The molecule has 10 heteroatoms. The van der Waals surface area contributed by atoms with Gasteiger partial charge in [0.05, 0.1) is 11.4 Å². The van der Waals surface area contributed by atoms with E-state index in [0.717, 1.165) is 26.1 Å². The first-order valence-electron chi connectivity index (χ1n) is 12.6. The maximum atomic E-state index is 15.4. The van der Waals surface area contributed by atoms with Gasteiger partial charge in [-0.1, -0.05) is 6.92 Å². The Morgan fingerprint density at radius 2 is 1.73 bits per heavy atom. The molecule has 194 valence electrons. The third-order valence-electron chi connectivity index (χ3n) is 7.17. The van der Waals surface area contributed by atoms with E-state index in [9.17, 15) is 4.79 Å². The monoisotopic (exact) mass is 508 g/mol. The van der Waals surface area contributed by atoms with Crippen molar-refractivity contribution in [1.82, 2.24) is 24.8 Å². The average Bonchev–Trinajstić information content (AvgIpc) is 2.93. The first-order valence-corrected chi connectivity index (χ1v) is 12.6. The van der Waals surface area contributed by atoms with Crippen LogP contribution in [0.25, 0.3) is 22.4 Å². The molecule has 0 saturated carbocycles. The van der Waals surface area contributed by atoms with Gasteiger partial charge in [0.15, 0.2) is 0 Å². The molecule has 1 amide bonds. The molecule has 2 aromatic heterocycles. The van der Waals surface area contributed by atoms with Crippen molar-refractivity contribution in [2.75, 3.05) is 45.1 Å². The van der Waals surface area contributed by atoms with Gasteiger partial charge >= 0.3 is 0 Å². The molecule has 0 aliphatic carbocycles. The number of anilines is 1. The fourth-order valence-electron chi connectivity index (χ4n) is 5.18. The van der Waals surface area contributed by atoms with Gasteiger partial charge in [0.25, 0.3) is 5.91 Å². The highest BCUT2D eigenvalue weighted by Gasteiger charge is 2.30. The maximum Gasteiger partial charge on any atom is 0.259 e. The van der Waals surface area contributed by atoms with E-state index in [1.807, 2.05) is 6.92 Å². The summed E-state index contributed by atoms with van der Waals surface area (Å²) in [5.41, 5.74) is 7.79. The molecular formula is C27H30F2N6O2. The largest absolute Gasteiger partial charge is 0.384 e. The Kier molecular flexibility index (Phi) is 7.38. The topological polar surface area (TPSA) is 97.5 Å². The zero-order valence-corrected chi connectivity index (χ0v) is 20.8. The van der Waals surface area contributed by atoms with E-state index in [-0.39, 0.29) is 5.56 Å². The summed E-state index contributed by atoms with van der Waals surface area (Å²) in [6.45, 7) is 5.64. The van der Waals surface area contributed by atoms with Crippen molar-refractivity contribution in [3.63, 3.8) is 0 Å². The number of benzene rings is 1. The first kappa shape index (κ1) is 25.2. The SMILES string of the molecule is CCc1ncnc(-c2cc(F)c(C(=O)N3CCN(C4CCOCC4)CC3)c(F)c2)c1-c1ccc(N)nc1. The molecule has 2 N–H and O–H groups in total. The molecule has 37 heavy (non-hydrogen) atoms. The first-order chi connectivity index (χ1) is 18.0. The Morgan fingerprint density at radius 1 is 1.03 bits per heavy atom. The van der Waals surface area contributed by atoms with Crippen LogP contribution in [0.5, 0.6) is 0 Å². The number of aryl methyl sites for hydroxylation is 1. The minimum Gasteiger partial charge on any atom is -0.384 e. The number of aromatic nitrogens is 3. The predicted octanol–water partition coefficient (Wildman–Crippen LogP) is 3.57. The molecular weight excluding hydrogens is 478 g/mol. The minimum absolute atomic E-state index is 0.222. The number of carbonyl (C=O) groups excluding carboxylic acids is 1. The fraction of sp³-hybridized carbons (Fsp3) is 0.407. The van der Waals surface area contributed by atoms with Crippen molar-refractivity contribution in [3.8, 4) is 22.4 Å². The minimum atomic E-state index is -0.912. The molecule has 4 heterocycles. The van der Waals surface area contributed by atoms with Gasteiger partial charge in [-0.2, -0.15) is 0 Å². The summed E-state index contributed by atoms with van der Waals surface area (Å²) < 4.78 is 36.1. The van der Waals surface area contributed by atoms with Crippen LogP contribution in [0, 0.1) is 11.6 Å². The van der Waals surface area contributed by atoms with Crippen LogP contribution >= 0.6 is 0 Å². The van der Waals surface area contributed by atoms with E-state index >= 15 is 8.78 Å². The zero-order valence-electron chi connectivity index (χ0n) is 20.8. The predicted molar refractivity (Wildman–Crippen MR) is 136 cm³/mol. The molecule has 2 aliphatic heterocycles. The lowest BCUT2D eigenvalue weighted by Crippen LogP contribution is -2.53. The van der Waals surface area contributed by atoms with Crippen molar-refractivity contribution in [3.05, 3.63) is 59.7 Å². The lowest BCUT2D eigenvalue weighted by molar-refractivity contribution is 0.0135. The van der Waals surface area contributed by atoms with E-state index in [0.29, 0.717) is 67.0 Å². The number of amides is 1. The number of piperazine rings is 1. The number of rotatable bonds is 5. The molecule has 3 aromatic rings. The van der Waals surface area contributed by atoms with Crippen LogP contribution in [0.1, 0.15) is 35.8 Å². The lowest BCUT2D eigenvalue weighted by Gasteiger charge is -2.40. The molecule has 0 atom stereocenters. The molecule has 5 rings (SSSR count). The van der Waals surface area contributed by atoms with Gasteiger partial charge in [0.1, 0.15) is 29.3 Å². The van der Waals surface area contributed by atoms with Crippen LogP contribution in [0.2, 0.25) is 0 Å². The second kappa shape index (κ2) is 10.9. The number of hydrogen-bond donors (Lipinski definition) is 1. The van der Waals surface area contributed by atoms with Crippen molar-refractivity contribution in [2.45, 2.75) is 32.2 Å². The van der Waals surface area contributed by atoms with Gasteiger partial charge < -0.3 is 15.4 Å². The Morgan fingerprint density at radius 3 is 2.35 bits per heavy atom. The highest BCUT2D eigenvalue weighted by atomic mass is 19.1. The Hall–Kier alpha value is -3.50. The van der Waals surface area contributed by atoms with Crippen LogP contribution < -0.4 is 5.73 Å². The average molecular weight is 509 g/mol. The summed E-state index contributed by atoms with van der Waals surface area (Å²) >= 11 is 0. The molecule has 8 nitrogen and oxygen atoms in total.